The van der Waals surface area contributed by atoms with Crippen molar-refractivity contribution < 1.29 is 0 Å². The van der Waals surface area contributed by atoms with Crippen molar-refractivity contribution in [3.63, 3.8) is 0 Å². The molecule has 0 bridgehead atoms. The number of unbranched alkanes of at least 4 members (excludes halogenated alkanes) is 6. The van der Waals surface area contributed by atoms with Crippen LogP contribution >= 0.6 is 0 Å². The Morgan fingerprint density at radius 3 is 1.47 bits per heavy atom. The minimum absolute atomic E-state index is 0.114. The van der Waals surface area contributed by atoms with Crippen molar-refractivity contribution in [1.29, 1.82) is 0 Å². The third-order valence-corrected chi connectivity index (χ3v) is 14.8. The standard InChI is InChI=1S/C61H57N/c1-5-7-9-11-21-40-33-41(22-12-10-8-6-2)35-43(34-40)49-38-58(62-59-39-56-50(37-51(49)59)47-26-13-17-27-52(47)60(56,3)4)42-31-32-48-46-25-16-20-30-55(46)61(57(48)36-42)53-28-18-14-23-44(53)45-24-15-19-29-54(45)61/h13-20,23-39H,5-12,21-22H2,1-4H3. The van der Waals surface area contributed by atoms with Gasteiger partial charge in [-0.3, -0.25) is 0 Å². The molecule has 1 heterocycles. The van der Waals surface area contributed by atoms with Gasteiger partial charge < -0.3 is 0 Å². The van der Waals surface area contributed by atoms with Gasteiger partial charge in [0.25, 0.3) is 0 Å². The first-order valence-electron chi connectivity index (χ1n) is 23.6. The summed E-state index contributed by atoms with van der Waals surface area (Å²) in [5.74, 6) is 0. The van der Waals surface area contributed by atoms with E-state index >= 15 is 0 Å². The zero-order valence-corrected chi connectivity index (χ0v) is 37.0. The van der Waals surface area contributed by atoms with Gasteiger partial charge in [0, 0.05) is 16.4 Å². The van der Waals surface area contributed by atoms with Crippen LogP contribution in [0.1, 0.15) is 124 Å². The van der Waals surface area contributed by atoms with Crippen molar-refractivity contribution in [2.24, 2.45) is 0 Å². The Morgan fingerprint density at radius 1 is 0.387 bits per heavy atom. The van der Waals surface area contributed by atoms with Gasteiger partial charge in [-0.05, 0) is 139 Å². The van der Waals surface area contributed by atoms with E-state index in [1.165, 1.54) is 151 Å². The second kappa shape index (κ2) is 15.4. The summed E-state index contributed by atoms with van der Waals surface area (Å²) in [6, 6.07) is 58.5. The molecular weight excluding hydrogens is 747 g/mol. The fourth-order valence-corrected chi connectivity index (χ4v) is 11.8. The summed E-state index contributed by atoms with van der Waals surface area (Å²) in [5.41, 5.74) is 24.6. The minimum atomic E-state index is -0.399. The molecule has 8 aromatic rings. The zero-order chi connectivity index (χ0) is 42.0. The van der Waals surface area contributed by atoms with Gasteiger partial charge in [-0.15, -0.1) is 0 Å². The lowest BCUT2D eigenvalue weighted by Crippen LogP contribution is -2.25. The van der Waals surface area contributed by atoms with E-state index in [1.54, 1.807) is 0 Å². The van der Waals surface area contributed by atoms with Crippen molar-refractivity contribution in [2.45, 2.75) is 103 Å². The Labute approximate surface area is 368 Å². The average molecular weight is 804 g/mol. The van der Waals surface area contributed by atoms with Crippen LogP contribution in [0, 0.1) is 0 Å². The molecule has 0 saturated heterocycles. The lowest BCUT2D eigenvalue weighted by atomic mass is 9.70. The maximum atomic E-state index is 5.70. The number of pyridine rings is 1. The molecule has 0 saturated carbocycles. The number of aromatic nitrogens is 1. The van der Waals surface area contributed by atoms with E-state index in [-0.39, 0.29) is 5.41 Å². The van der Waals surface area contributed by atoms with Crippen LogP contribution in [0.5, 0.6) is 0 Å². The molecule has 0 atom stereocenters. The Balaban J connectivity index is 1.14. The first-order chi connectivity index (χ1) is 30.4. The Kier molecular flexibility index (Phi) is 9.64. The molecule has 0 unspecified atom stereocenters. The van der Waals surface area contributed by atoms with Gasteiger partial charge in [0.1, 0.15) is 0 Å². The van der Waals surface area contributed by atoms with E-state index < -0.39 is 5.41 Å². The number of nitrogens with zero attached hydrogens (tertiary/aromatic N) is 1. The van der Waals surface area contributed by atoms with Crippen LogP contribution in [-0.2, 0) is 23.7 Å². The minimum Gasteiger partial charge on any atom is -0.248 e. The topological polar surface area (TPSA) is 12.9 Å². The summed E-state index contributed by atoms with van der Waals surface area (Å²) < 4.78 is 0. The molecule has 3 aliphatic carbocycles. The number of fused-ring (bicyclic) bond motifs is 14. The SMILES string of the molecule is CCCCCCc1cc(CCCCCC)cc(-c2cc(-c3ccc4c(c3)C3(c5ccccc5-c5ccccc53)c3ccccc3-4)nc3cc4c(cc23)-c2ccccc2C4(C)C)c1. The molecule has 1 aromatic heterocycles. The fourth-order valence-electron chi connectivity index (χ4n) is 11.8. The first-order valence-corrected chi connectivity index (χ1v) is 23.6. The van der Waals surface area contributed by atoms with Crippen molar-refractivity contribution in [3.05, 3.63) is 196 Å². The maximum Gasteiger partial charge on any atom is 0.0725 e. The molecular formula is C61H57N. The van der Waals surface area contributed by atoms with Gasteiger partial charge in [0.15, 0.2) is 0 Å². The summed E-state index contributed by atoms with van der Waals surface area (Å²) in [6.45, 7) is 9.39. The number of hydrogen-bond acceptors (Lipinski definition) is 1. The van der Waals surface area contributed by atoms with Gasteiger partial charge in [-0.2, -0.15) is 0 Å². The van der Waals surface area contributed by atoms with E-state index in [1.807, 2.05) is 0 Å². The fraction of sp³-hybridized carbons (Fsp3) is 0.262. The predicted molar refractivity (Wildman–Crippen MR) is 262 cm³/mol. The van der Waals surface area contributed by atoms with Crippen molar-refractivity contribution in [1.82, 2.24) is 4.98 Å². The largest absolute Gasteiger partial charge is 0.248 e. The van der Waals surface area contributed by atoms with Crippen LogP contribution < -0.4 is 0 Å². The van der Waals surface area contributed by atoms with Crippen LogP contribution in [0.2, 0.25) is 0 Å². The molecule has 62 heavy (non-hydrogen) atoms. The van der Waals surface area contributed by atoms with E-state index in [9.17, 15) is 0 Å². The molecule has 7 aromatic carbocycles. The highest BCUT2D eigenvalue weighted by Crippen LogP contribution is 2.63. The monoisotopic (exact) mass is 803 g/mol. The number of hydrogen-bond donors (Lipinski definition) is 0. The van der Waals surface area contributed by atoms with E-state index in [0.29, 0.717) is 0 Å². The van der Waals surface area contributed by atoms with Crippen LogP contribution in [-0.4, -0.2) is 4.98 Å². The molecule has 0 amide bonds. The predicted octanol–water partition coefficient (Wildman–Crippen LogP) is 16.5. The molecule has 1 nitrogen and oxygen atoms in total. The average Bonchev–Trinajstić information content (AvgIpc) is 3.86. The van der Waals surface area contributed by atoms with E-state index in [2.05, 4.69) is 179 Å². The summed E-state index contributed by atoms with van der Waals surface area (Å²) in [5, 5.41) is 1.24. The Hall–Kier alpha value is -6.05. The first kappa shape index (κ1) is 38.8. The lowest BCUT2D eigenvalue weighted by molar-refractivity contribution is 0.661. The Morgan fingerprint density at radius 2 is 0.903 bits per heavy atom. The molecule has 0 aliphatic heterocycles. The second-order valence-corrected chi connectivity index (χ2v) is 18.9. The highest BCUT2D eigenvalue weighted by molar-refractivity contribution is 6.02. The van der Waals surface area contributed by atoms with Crippen LogP contribution in [0.3, 0.4) is 0 Å². The molecule has 0 fully saturated rings. The zero-order valence-electron chi connectivity index (χ0n) is 37.0. The van der Waals surface area contributed by atoms with Crippen LogP contribution in [0.25, 0.3) is 66.7 Å². The number of rotatable bonds is 12. The molecule has 0 N–H and O–H groups in total. The molecule has 1 spiro atoms. The van der Waals surface area contributed by atoms with Gasteiger partial charge in [-0.25, -0.2) is 4.98 Å². The maximum absolute atomic E-state index is 5.70. The Bertz CT molecular complexity index is 2940. The molecule has 11 rings (SSSR count). The van der Waals surface area contributed by atoms with Gasteiger partial charge in [-0.1, -0.05) is 194 Å². The van der Waals surface area contributed by atoms with Crippen LogP contribution in [0.15, 0.2) is 152 Å². The van der Waals surface area contributed by atoms with Crippen molar-refractivity contribution >= 4 is 10.9 Å². The van der Waals surface area contributed by atoms with E-state index in [0.717, 1.165) is 24.1 Å². The summed E-state index contributed by atoms with van der Waals surface area (Å²) >= 11 is 0. The third-order valence-electron chi connectivity index (χ3n) is 14.8. The highest BCUT2D eigenvalue weighted by atomic mass is 14.7. The van der Waals surface area contributed by atoms with Gasteiger partial charge >= 0.3 is 0 Å². The van der Waals surface area contributed by atoms with Crippen LogP contribution in [0.4, 0.5) is 0 Å². The van der Waals surface area contributed by atoms with Crippen molar-refractivity contribution in [2.75, 3.05) is 0 Å². The second-order valence-electron chi connectivity index (χ2n) is 18.9. The van der Waals surface area contributed by atoms with E-state index in [4.69, 9.17) is 4.98 Å². The quantitative estimate of drug-likeness (QED) is 0.112. The van der Waals surface area contributed by atoms with Gasteiger partial charge in [0.05, 0.1) is 16.6 Å². The van der Waals surface area contributed by atoms with Crippen molar-refractivity contribution in [3.8, 4) is 55.8 Å². The normalized spacial score (nSPS) is 14.4. The highest BCUT2D eigenvalue weighted by Gasteiger charge is 2.51. The summed E-state index contributed by atoms with van der Waals surface area (Å²) in [4.78, 5) is 5.70. The summed E-state index contributed by atoms with van der Waals surface area (Å²) in [7, 11) is 0. The van der Waals surface area contributed by atoms with Gasteiger partial charge in [0.2, 0.25) is 0 Å². The molecule has 3 aliphatic rings. The molecule has 1 heteroatoms. The number of benzene rings is 7. The smallest absolute Gasteiger partial charge is 0.0725 e. The number of aryl methyl sites for hydroxylation is 2. The lowest BCUT2D eigenvalue weighted by Gasteiger charge is -2.30. The molecule has 0 radical (unpaired) electrons. The molecule has 306 valence electrons. The third kappa shape index (κ3) is 5.99. The summed E-state index contributed by atoms with van der Waals surface area (Å²) in [6.07, 6.45) is 12.4.